The molecule has 7 aromatic carbocycles. The van der Waals surface area contributed by atoms with Crippen LogP contribution in [0.25, 0.3) is 64.4 Å². The maximum absolute atomic E-state index is 6.10. The van der Waals surface area contributed by atoms with Crippen molar-refractivity contribution in [3.8, 4) is 22.3 Å². The average Bonchev–Trinajstić information content (AvgIpc) is 4.12. The summed E-state index contributed by atoms with van der Waals surface area (Å²) < 4.78 is 14.8. The van der Waals surface area contributed by atoms with Crippen LogP contribution < -0.4 is 26.2 Å². The molecule has 0 fully saturated rings. The molecule has 0 atom stereocenters. The highest BCUT2D eigenvalue weighted by atomic mass is 32.1. The van der Waals surface area contributed by atoms with Gasteiger partial charge in [-0.2, -0.15) is 0 Å². The van der Waals surface area contributed by atoms with Crippen molar-refractivity contribution < 1.29 is 8.83 Å². The Balaban J connectivity index is 1.11. The molecular formula is C62H53BN2O2S2. The van der Waals surface area contributed by atoms with Gasteiger partial charge in [-0.25, -0.2) is 0 Å². The molecule has 0 spiro atoms. The molecule has 11 aromatic rings. The van der Waals surface area contributed by atoms with Gasteiger partial charge in [0.15, 0.2) is 0 Å². The molecule has 4 nitrogen and oxygen atoms in total. The van der Waals surface area contributed by atoms with Crippen molar-refractivity contribution in [1.82, 2.24) is 0 Å². The summed E-state index contributed by atoms with van der Waals surface area (Å²) >= 11 is 3.88. The van der Waals surface area contributed by atoms with E-state index in [0.717, 1.165) is 33.1 Å². The molecule has 338 valence electrons. The minimum Gasteiger partial charge on any atom is -0.464 e. The number of aryl methyl sites for hydroxylation is 4. The Labute approximate surface area is 412 Å². The van der Waals surface area contributed by atoms with Crippen LogP contribution in [0.15, 0.2) is 149 Å². The predicted molar refractivity (Wildman–Crippen MR) is 298 cm³/mol. The van der Waals surface area contributed by atoms with Gasteiger partial charge in [-0.15, -0.1) is 22.7 Å². The predicted octanol–water partition coefficient (Wildman–Crippen LogP) is 16.9. The Kier molecular flexibility index (Phi) is 9.11. The summed E-state index contributed by atoms with van der Waals surface area (Å²) in [5.41, 5.74) is 23.1. The van der Waals surface area contributed by atoms with E-state index in [9.17, 15) is 0 Å². The molecule has 7 heteroatoms. The quantitative estimate of drug-likeness (QED) is 0.165. The van der Waals surface area contributed by atoms with Gasteiger partial charge in [-0.05, 0) is 171 Å². The van der Waals surface area contributed by atoms with Crippen molar-refractivity contribution in [2.75, 3.05) is 9.80 Å². The Morgan fingerprint density at radius 2 is 0.841 bits per heavy atom. The summed E-state index contributed by atoms with van der Waals surface area (Å²) in [4.78, 5) is 5.28. The lowest BCUT2D eigenvalue weighted by Gasteiger charge is -2.43. The van der Waals surface area contributed by atoms with Crippen LogP contribution in [-0.2, 0) is 10.8 Å². The fourth-order valence-electron chi connectivity index (χ4n) is 11.7. The largest absolute Gasteiger partial charge is 0.464 e. The van der Waals surface area contributed by atoms with E-state index in [-0.39, 0.29) is 17.5 Å². The fourth-order valence-corrected chi connectivity index (χ4v) is 14.2. The first-order valence-corrected chi connectivity index (χ1v) is 25.8. The molecule has 2 aliphatic heterocycles. The van der Waals surface area contributed by atoms with Crippen molar-refractivity contribution in [3.05, 3.63) is 173 Å². The normalized spacial score (nSPS) is 13.6. The molecule has 0 amide bonds. The number of furan rings is 2. The van der Waals surface area contributed by atoms with Gasteiger partial charge in [0, 0.05) is 42.7 Å². The van der Waals surface area contributed by atoms with Crippen LogP contribution in [0.5, 0.6) is 0 Å². The summed E-state index contributed by atoms with van der Waals surface area (Å²) in [5, 5.41) is 7.57. The zero-order valence-electron chi connectivity index (χ0n) is 40.9. The lowest BCUT2D eigenvalue weighted by atomic mass is 9.33. The van der Waals surface area contributed by atoms with Gasteiger partial charge in [-0.3, -0.25) is 0 Å². The Morgan fingerprint density at radius 1 is 0.435 bits per heavy atom. The number of thiophene rings is 2. The fraction of sp³-hybridized carbons (Fsp3) is 0.194. The minimum atomic E-state index is -0.0180. The summed E-state index contributed by atoms with van der Waals surface area (Å²) in [6, 6.07) is 47.8. The van der Waals surface area contributed by atoms with E-state index in [1.165, 1.54) is 114 Å². The smallest absolute Gasteiger partial charge is 0.256 e. The molecule has 69 heavy (non-hydrogen) atoms. The average molecular weight is 933 g/mol. The van der Waals surface area contributed by atoms with E-state index in [4.69, 9.17) is 8.83 Å². The third-order valence-corrected chi connectivity index (χ3v) is 17.3. The Hall–Kier alpha value is -6.80. The standard InChI is InChI=1S/C62H53BN2O2S2/c1-34-26-38(46-32-66-50-20-13-11-16-42(46)50)27-35(2)57(34)64-48-18-15-19-49-56(48)63(54-44-30-40(61(5,6)7)22-24-52(44)68-59(54)64)55-45-31-41(62(8,9)10)23-25-53(45)69-60(55)65(49)58-36(3)28-39(29-37(58)4)47-33-67-51-21-14-12-17-43(47)51/h11-33H,1-10H3. The molecule has 2 aliphatic rings. The molecule has 0 saturated heterocycles. The summed E-state index contributed by atoms with van der Waals surface area (Å²) in [6.07, 6.45) is 3.84. The van der Waals surface area contributed by atoms with Crippen molar-refractivity contribution in [2.45, 2.75) is 80.1 Å². The zero-order chi connectivity index (χ0) is 47.4. The maximum Gasteiger partial charge on any atom is 0.256 e. The zero-order valence-corrected chi connectivity index (χ0v) is 42.5. The second-order valence-corrected chi connectivity index (χ2v) is 23.6. The first-order valence-electron chi connectivity index (χ1n) is 24.2. The van der Waals surface area contributed by atoms with Crippen LogP contribution in [0.4, 0.5) is 32.8 Å². The van der Waals surface area contributed by atoms with E-state index >= 15 is 0 Å². The van der Waals surface area contributed by atoms with Gasteiger partial charge in [0.1, 0.15) is 11.2 Å². The lowest BCUT2D eigenvalue weighted by molar-refractivity contribution is 0.591. The monoisotopic (exact) mass is 932 g/mol. The number of para-hydroxylation sites is 2. The third kappa shape index (κ3) is 6.25. The molecule has 0 radical (unpaired) electrons. The van der Waals surface area contributed by atoms with Gasteiger partial charge < -0.3 is 18.6 Å². The summed E-state index contributed by atoms with van der Waals surface area (Å²) in [6.45, 7) is 23.2. The summed E-state index contributed by atoms with van der Waals surface area (Å²) in [5.74, 6) is 0. The van der Waals surface area contributed by atoms with Crippen molar-refractivity contribution in [3.63, 3.8) is 0 Å². The van der Waals surface area contributed by atoms with Gasteiger partial charge >= 0.3 is 0 Å². The number of benzene rings is 7. The Morgan fingerprint density at radius 3 is 1.25 bits per heavy atom. The molecule has 0 unspecified atom stereocenters. The number of rotatable bonds is 4. The van der Waals surface area contributed by atoms with E-state index < -0.39 is 0 Å². The van der Waals surface area contributed by atoms with Crippen LogP contribution in [0, 0.1) is 27.7 Å². The topological polar surface area (TPSA) is 32.8 Å². The van der Waals surface area contributed by atoms with Crippen molar-refractivity contribution in [2.24, 2.45) is 0 Å². The first-order chi connectivity index (χ1) is 33.1. The molecule has 6 heterocycles. The molecular weight excluding hydrogens is 880 g/mol. The number of hydrogen-bond donors (Lipinski definition) is 0. The number of anilines is 6. The van der Waals surface area contributed by atoms with Crippen LogP contribution in [0.3, 0.4) is 0 Å². The SMILES string of the molecule is Cc1cc(-c2coc3ccccc23)cc(C)c1N1c2cccc3c2B(c2c1sc1ccc(C(C)(C)C)cc21)c1c(sc2ccc(C(C)(C)C)cc12)N3c1c(C)cc(-c2coc3ccccc23)cc1C. The molecule has 13 rings (SSSR count). The highest BCUT2D eigenvalue weighted by Crippen LogP contribution is 2.53. The second kappa shape index (κ2) is 14.9. The number of fused-ring (bicyclic) bond motifs is 10. The van der Waals surface area contributed by atoms with Crippen LogP contribution in [0.1, 0.15) is 74.9 Å². The second-order valence-electron chi connectivity index (χ2n) is 21.6. The molecule has 0 bridgehead atoms. The Bertz CT molecular complexity index is 3660. The van der Waals surface area contributed by atoms with E-state index in [2.05, 4.69) is 194 Å². The summed E-state index contributed by atoms with van der Waals surface area (Å²) in [7, 11) is 0. The molecule has 0 saturated carbocycles. The highest BCUT2D eigenvalue weighted by molar-refractivity contribution is 7.29. The van der Waals surface area contributed by atoms with E-state index in [1.807, 2.05) is 47.3 Å². The minimum absolute atomic E-state index is 0.00371. The van der Waals surface area contributed by atoms with E-state index in [1.54, 1.807) is 0 Å². The van der Waals surface area contributed by atoms with Gasteiger partial charge in [0.05, 0.1) is 33.9 Å². The van der Waals surface area contributed by atoms with Gasteiger partial charge in [0.25, 0.3) is 6.71 Å². The maximum atomic E-state index is 6.10. The van der Waals surface area contributed by atoms with Crippen LogP contribution in [0.2, 0.25) is 0 Å². The molecule has 4 aromatic heterocycles. The van der Waals surface area contributed by atoms with Gasteiger partial charge in [0.2, 0.25) is 0 Å². The number of hydrogen-bond acceptors (Lipinski definition) is 6. The van der Waals surface area contributed by atoms with Crippen molar-refractivity contribution >= 4 is 121 Å². The van der Waals surface area contributed by atoms with E-state index in [0.29, 0.717) is 0 Å². The third-order valence-electron chi connectivity index (χ3n) is 15.0. The molecule has 0 N–H and O–H groups in total. The van der Waals surface area contributed by atoms with Crippen LogP contribution >= 0.6 is 22.7 Å². The highest BCUT2D eigenvalue weighted by Gasteiger charge is 2.48. The number of nitrogens with zero attached hydrogens (tertiary/aromatic N) is 2. The van der Waals surface area contributed by atoms with Gasteiger partial charge in [-0.1, -0.05) is 108 Å². The van der Waals surface area contributed by atoms with Crippen LogP contribution in [-0.4, -0.2) is 6.71 Å². The first kappa shape index (κ1) is 42.3. The van der Waals surface area contributed by atoms with Crippen molar-refractivity contribution in [1.29, 1.82) is 0 Å². The molecule has 0 aliphatic carbocycles. The lowest BCUT2D eigenvalue weighted by Crippen LogP contribution is -2.60.